The van der Waals surface area contributed by atoms with Crippen LogP contribution in [0, 0.1) is 0 Å². The molecule has 2 aliphatic heterocycles. The average Bonchev–Trinajstić information content (AvgIpc) is 3.03. The van der Waals surface area contributed by atoms with Gasteiger partial charge >= 0.3 is 0 Å². The molecule has 4 atom stereocenters. The van der Waals surface area contributed by atoms with Crippen molar-refractivity contribution in [3.8, 4) is 51.7 Å². The lowest BCUT2D eigenvalue weighted by Crippen LogP contribution is -2.31. The van der Waals surface area contributed by atoms with Crippen molar-refractivity contribution in [2.24, 2.45) is 0 Å². The largest absolute Gasteiger partial charge is 0.508 e. The lowest BCUT2D eigenvalue weighted by atomic mass is 9.90. The van der Waals surface area contributed by atoms with Crippen molar-refractivity contribution in [3.63, 3.8) is 0 Å². The van der Waals surface area contributed by atoms with Gasteiger partial charge in [0.25, 0.3) is 0 Å². The molecule has 4 aromatic carbocycles. The van der Waals surface area contributed by atoms with Crippen molar-refractivity contribution in [2.45, 2.75) is 37.3 Å². The molecule has 41 heavy (non-hydrogen) atoms. The number of hydrogen-bond donors (Lipinski definition) is 9. The highest BCUT2D eigenvalue weighted by Crippen LogP contribution is 2.48. The van der Waals surface area contributed by atoms with Crippen LogP contribution in [0.15, 0.2) is 47.3 Å². The van der Waals surface area contributed by atoms with E-state index in [1.165, 1.54) is 18.2 Å². The minimum absolute atomic E-state index is 0.0180. The van der Waals surface area contributed by atoms with Crippen molar-refractivity contribution in [2.75, 3.05) is 0 Å². The molecule has 0 fully saturated rings. The Labute approximate surface area is 230 Å². The van der Waals surface area contributed by atoms with Crippen molar-refractivity contribution in [3.05, 3.63) is 74.9 Å². The summed E-state index contributed by atoms with van der Waals surface area (Å²) in [5.74, 6) is -3.63. The van der Waals surface area contributed by atoms with Gasteiger partial charge in [0.2, 0.25) is 5.43 Å². The standard InChI is InChI=1S/C29H24O12/c30-11-3-17(32)15-8-21(36)28(40-23(15)5-11)10-1-13-14(7-20(35)27(39)25(13)26(38)19(34)2-10)29-22(37)9-16-18(33)4-12(31)6-24(16)41-29/h1-7,21-22,28-33,35-37,39H,8-9H2,(H,34,38)/t21-,22-,28?,29-/m0/s1. The van der Waals surface area contributed by atoms with E-state index in [-0.39, 0.29) is 75.0 Å². The van der Waals surface area contributed by atoms with Crippen LogP contribution in [-0.4, -0.2) is 58.2 Å². The minimum Gasteiger partial charge on any atom is -0.508 e. The number of aromatic hydroxyl groups is 7. The average molecular weight is 564 g/mol. The third kappa shape index (κ3) is 4.20. The molecule has 2 heterocycles. The van der Waals surface area contributed by atoms with Gasteiger partial charge in [-0.1, -0.05) is 0 Å². The molecule has 0 radical (unpaired) electrons. The summed E-state index contributed by atoms with van der Waals surface area (Å²) in [6.07, 6.45) is -5.41. The quantitative estimate of drug-likeness (QED) is 0.160. The molecule has 12 nitrogen and oxygen atoms in total. The number of phenolic OH excluding ortho intramolecular Hbond substituents is 6. The van der Waals surface area contributed by atoms with Crippen molar-refractivity contribution in [1.29, 1.82) is 0 Å². The second-order valence-electron chi connectivity index (χ2n) is 10.1. The van der Waals surface area contributed by atoms with Gasteiger partial charge in [0.1, 0.15) is 40.6 Å². The van der Waals surface area contributed by atoms with E-state index in [0.29, 0.717) is 0 Å². The molecule has 0 saturated carbocycles. The number of fused-ring (bicyclic) bond motifs is 3. The van der Waals surface area contributed by atoms with Crippen LogP contribution in [-0.2, 0) is 12.8 Å². The Morgan fingerprint density at radius 2 is 1.15 bits per heavy atom. The van der Waals surface area contributed by atoms with Crippen LogP contribution in [0.1, 0.15) is 34.5 Å². The molecule has 0 aromatic heterocycles. The first-order valence-electron chi connectivity index (χ1n) is 12.5. The highest BCUT2D eigenvalue weighted by molar-refractivity contribution is 5.97. The number of ether oxygens (including phenoxy) is 2. The van der Waals surface area contributed by atoms with Crippen LogP contribution in [0.4, 0.5) is 0 Å². The zero-order chi connectivity index (χ0) is 29.3. The molecule has 6 rings (SSSR count). The molecular formula is C29H24O12. The lowest BCUT2D eigenvalue weighted by Gasteiger charge is -2.32. The van der Waals surface area contributed by atoms with Crippen LogP contribution < -0.4 is 14.9 Å². The van der Waals surface area contributed by atoms with E-state index in [1.807, 2.05) is 0 Å². The predicted molar refractivity (Wildman–Crippen MR) is 141 cm³/mol. The highest BCUT2D eigenvalue weighted by Gasteiger charge is 2.36. The number of phenols is 6. The molecule has 0 aliphatic carbocycles. The SMILES string of the molecule is O=c1cc(C2Oc3cc(O)cc(O)c3C[C@@H]2O)cc2c([C@@H]3Oc4cc(O)cc(O)c4C[C@@H]3O)cc(O)c(O)c2c1O. The van der Waals surface area contributed by atoms with Gasteiger partial charge in [-0.05, 0) is 29.1 Å². The number of benzene rings is 3. The van der Waals surface area contributed by atoms with Gasteiger partial charge in [-0.25, -0.2) is 0 Å². The normalized spacial score (nSPS) is 21.4. The zero-order valence-electron chi connectivity index (χ0n) is 21.0. The summed E-state index contributed by atoms with van der Waals surface area (Å²) < 4.78 is 11.8. The fraction of sp³-hybridized carbons (Fsp3) is 0.207. The van der Waals surface area contributed by atoms with Crippen molar-refractivity contribution < 1.29 is 55.4 Å². The molecule has 0 amide bonds. The Balaban J connectivity index is 1.56. The summed E-state index contributed by atoms with van der Waals surface area (Å²) in [4.78, 5) is 13.0. The van der Waals surface area contributed by atoms with Gasteiger partial charge < -0.3 is 55.4 Å². The van der Waals surface area contributed by atoms with Gasteiger partial charge in [-0.3, -0.25) is 4.79 Å². The van der Waals surface area contributed by atoms with E-state index in [9.17, 15) is 50.8 Å². The second kappa shape index (κ2) is 9.25. The number of hydrogen-bond acceptors (Lipinski definition) is 12. The van der Waals surface area contributed by atoms with Crippen LogP contribution in [0.5, 0.6) is 51.7 Å². The summed E-state index contributed by atoms with van der Waals surface area (Å²) >= 11 is 0. The fourth-order valence-corrected chi connectivity index (χ4v) is 5.52. The maximum absolute atomic E-state index is 13.0. The van der Waals surface area contributed by atoms with Gasteiger partial charge in [-0.15, -0.1) is 0 Å². The second-order valence-corrected chi connectivity index (χ2v) is 10.1. The topological polar surface area (TPSA) is 218 Å². The molecule has 9 N–H and O–H groups in total. The maximum Gasteiger partial charge on any atom is 0.221 e. The molecule has 12 heteroatoms. The Morgan fingerprint density at radius 1 is 0.610 bits per heavy atom. The van der Waals surface area contributed by atoms with E-state index < -0.39 is 52.5 Å². The first kappa shape index (κ1) is 26.2. The lowest BCUT2D eigenvalue weighted by molar-refractivity contribution is 0.0194. The maximum atomic E-state index is 13.0. The molecule has 4 aromatic rings. The van der Waals surface area contributed by atoms with Gasteiger partial charge in [0.05, 0.1) is 17.6 Å². The van der Waals surface area contributed by atoms with E-state index >= 15 is 0 Å². The molecule has 0 bridgehead atoms. The highest BCUT2D eigenvalue weighted by atomic mass is 16.5. The molecule has 0 saturated heterocycles. The third-order valence-electron chi connectivity index (χ3n) is 7.44. The Morgan fingerprint density at radius 3 is 1.73 bits per heavy atom. The van der Waals surface area contributed by atoms with Crippen molar-refractivity contribution in [1.82, 2.24) is 0 Å². The summed E-state index contributed by atoms with van der Waals surface area (Å²) in [5.41, 5.74) is -0.502. The van der Waals surface area contributed by atoms with Crippen LogP contribution in [0.25, 0.3) is 10.8 Å². The van der Waals surface area contributed by atoms with E-state index in [4.69, 9.17) is 9.47 Å². The van der Waals surface area contributed by atoms with E-state index in [1.54, 1.807) is 0 Å². The summed E-state index contributed by atoms with van der Waals surface area (Å²) in [5, 5.41) is 93.7. The molecule has 0 spiro atoms. The van der Waals surface area contributed by atoms with Gasteiger partial charge in [0.15, 0.2) is 23.4 Å². The monoisotopic (exact) mass is 564 g/mol. The summed E-state index contributed by atoms with van der Waals surface area (Å²) in [6.45, 7) is 0. The molecule has 2 aliphatic rings. The number of aliphatic hydroxyl groups is 2. The third-order valence-corrected chi connectivity index (χ3v) is 7.44. The van der Waals surface area contributed by atoms with Gasteiger partial charge in [0, 0.05) is 53.8 Å². The van der Waals surface area contributed by atoms with E-state index in [0.717, 1.165) is 24.3 Å². The predicted octanol–water partition coefficient (Wildman–Crippen LogP) is 2.21. The van der Waals surface area contributed by atoms with E-state index in [2.05, 4.69) is 0 Å². The van der Waals surface area contributed by atoms with Crippen LogP contribution in [0.3, 0.4) is 0 Å². The Kier molecular flexibility index (Phi) is 5.90. The molecule has 212 valence electrons. The number of rotatable bonds is 2. The van der Waals surface area contributed by atoms with Crippen molar-refractivity contribution >= 4 is 10.8 Å². The Hall–Kier alpha value is -5.07. The Bertz CT molecular complexity index is 1800. The minimum atomic E-state index is -1.33. The summed E-state index contributed by atoms with van der Waals surface area (Å²) in [7, 11) is 0. The van der Waals surface area contributed by atoms with Gasteiger partial charge in [-0.2, -0.15) is 0 Å². The summed E-state index contributed by atoms with van der Waals surface area (Å²) in [6, 6.07) is 8.00. The number of aliphatic hydroxyl groups excluding tert-OH is 2. The first-order valence-corrected chi connectivity index (χ1v) is 12.5. The zero-order valence-corrected chi connectivity index (χ0v) is 21.0. The molecular weight excluding hydrogens is 540 g/mol. The molecule has 1 unspecified atom stereocenters. The smallest absolute Gasteiger partial charge is 0.221 e. The van der Waals surface area contributed by atoms with Crippen LogP contribution >= 0.6 is 0 Å². The first-order chi connectivity index (χ1) is 19.4. The van der Waals surface area contributed by atoms with Crippen LogP contribution in [0.2, 0.25) is 0 Å². The fourth-order valence-electron chi connectivity index (χ4n) is 5.52.